The summed E-state index contributed by atoms with van der Waals surface area (Å²) >= 11 is 0. The molecule has 2 fully saturated rings. The molecule has 4 heteroatoms. The zero-order valence-corrected chi connectivity index (χ0v) is 9.32. The SMILES string of the molecule is CC(C)C1CNC(=O)N(C2CCC2)C1=O. The van der Waals surface area contributed by atoms with Gasteiger partial charge in [-0.3, -0.25) is 9.69 Å². The summed E-state index contributed by atoms with van der Waals surface area (Å²) in [7, 11) is 0. The molecule has 0 aromatic rings. The fourth-order valence-corrected chi connectivity index (χ4v) is 2.16. The molecule has 1 saturated heterocycles. The smallest absolute Gasteiger partial charge is 0.324 e. The van der Waals surface area contributed by atoms with Gasteiger partial charge in [0.2, 0.25) is 5.91 Å². The minimum atomic E-state index is -0.193. The first-order chi connectivity index (χ1) is 7.11. The van der Waals surface area contributed by atoms with E-state index in [0.29, 0.717) is 12.5 Å². The number of urea groups is 1. The standard InChI is InChI=1S/C11H18N2O2/c1-7(2)9-6-12-11(15)13(10(9)14)8-4-3-5-8/h7-9H,3-6H2,1-2H3,(H,12,15). The Morgan fingerprint density at radius 2 is 2.00 bits per heavy atom. The maximum Gasteiger partial charge on any atom is 0.324 e. The van der Waals surface area contributed by atoms with Gasteiger partial charge < -0.3 is 5.32 Å². The van der Waals surface area contributed by atoms with Crippen LogP contribution in [0.25, 0.3) is 0 Å². The number of carbonyl (C=O) groups is 2. The average Bonchev–Trinajstić information content (AvgIpc) is 2.08. The highest BCUT2D eigenvalue weighted by atomic mass is 16.2. The average molecular weight is 210 g/mol. The maximum absolute atomic E-state index is 12.1. The van der Waals surface area contributed by atoms with Crippen LogP contribution in [-0.4, -0.2) is 29.4 Å². The second-order valence-electron chi connectivity index (χ2n) is 4.83. The summed E-state index contributed by atoms with van der Waals surface area (Å²) in [6.07, 6.45) is 3.09. The molecule has 15 heavy (non-hydrogen) atoms. The summed E-state index contributed by atoms with van der Waals surface area (Å²) in [6.45, 7) is 4.55. The first-order valence-corrected chi connectivity index (χ1v) is 5.72. The van der Waals surface area contributed by atoms with Gasteiger partial charge in [0.05, 0.1) is 5.92 Å². The van der Waals surface area contributed by atoms with Crippen LogP contribution >= 0.6 is 0 Å². The van der Waals surface area contributed by atoms with Crippen molar-refractivity contribution in [1.82, 2.24) is 10.2 Å². The number of hydrogen-bond donors (Lipinski definition) is 1. The molecule has 1 aliphatic carbocycles. The fraction of sp³-hybridized carbons (Fsp3) is 0.818. The lowest BCUT2D eigenvalue weighted by Gasteiger charge is -2.41. The Morgan fingerprint density at radius 3 is 2.47 bits per heavy atom. The van der Waals surface area contributed by atoms with Gasteiger partial charge in [-0.15, -0.1) is 0 Å². The summed E-state index contributed by atoms with van der Waals surface area (Å²) in [5.74, 6) is 0.280. The highest BCUT2D eigenvalue weighted by molar-refractivity contribution is 5.98. The van der Waals surface area contributed by atoms with Crippen molar-refractivity contribution in [2.75, 3.05) is 6.54 Å². The van der Waals surface area contributed by atoms with Gasteiger partial charge in [-0.25, -0.2) is 4.79 Å². The molecule has 1 saturated carbocycles. The molecule has 1 atom stereocenters. The molecule has 2 aliphatic rings. The Balaban J connectivity index is 2.12. The van der Waals surface area contributed by atoms with E-state index in [1.165, 1.54) is 4.90 Å². The lowest BCUT2D eigenvalue weighted by atomic mass is 9.87. The minimum absolute atomic E-state index is 0.0263. The van der Waals surface area contributed by atoms with Gasteiger partial charge in [0.25, 0.3) is 0 Å². The van der Waals surface area contributed by atoms with E-state index in [9.17, 15) is 9.59 Å². The van der Waals surface area contributed by atoms with Crippen molar-refractivity contribution < 1.29 is 9.59 Å². The van der Waals surface area contributed by atoms with E-state index in [1.54, 1.807) is 0 Å². The molecule has 3 amide bonds. The maximum atomic E-state index is 12.1. The zero-order chi connectivity index (χ0) is 11.0. The van der Waals surface area contributed by atoms with Crippen LogP contribution in [0.5, 0.6) is 0 Å². The molecule has 1 N–H and O–H groups in total. The summed E-state index contributed by atoms with van der Waals surface area (Å²) < 4.78 is 0. The number of amides is 3. The first kappa shape index (κ1) is 10.5. The number of rotatable bonds is 2. The summed E-state index contributed by atoms with van der Waals surface area (Å²) in [6, 6.07) is -0.0272. The topological polar surface area (TPSA) is 49.4 Å². The molecule has 0 spiro atoms. The van der Waals surface area contributed by atoms with E-state index in [2.05, 4.69) is 5.32 Å². The molecule has 1 aliphatic heterocycles. The number of hydrogen-bond acceptors (Lipinski definition) is 2. The van der Waals surface area contributed by atoms with Crippen molar-refractivity contribution in [3.05, 3.63) is 0 Å². The molecule has 1 heterocycles. The molecule has 0 aromatic heterocycles. The van der Waals surface area contributed by atoms with Crippen molar-refractivity contribution >= 4 is 11.9 Å². The Bertz CT molecular complexity index is 284. The molecule has 2 rings (SSSR count). The number of imide groups is 1. The summed E-state index contributed by atoms with van der Waals surface area (Å²) in [5, 5.41) is 2.81. The third-order valence-corrected chi connectivity index (χ3v) is 3.49. The van der Waals surface area contributed by atoms with Gasteiger partial charge in [-0.2, -0.15) is 0 Å². The van der Waals surface area contributed by atoms with Crippen molar-refractivity contribution in [2.24, 2.45) is 11.8 Å². The summed E-state index contributed by atoms with van der Waals surface area (Å²) in [4.78, 5) is 25.1. The monoisotopic (exact) mass is 210 g/mol. The van der Waals surface area contributed by atoms with E-state index in [-0.39, 0.29) is 23.9 Å². The number of carbonyl (C=O) groups excluding carboxylic acids is 2. The predicted octanol–water partition coefficient (Wildman–Crippen LogP) is 1.36. The van der Waals surface area contributed by atoms with Crippen LogP contribution in [0.3, 0.4) is 0 Å². The molecule has 0 aromatic carbocycles. The number of nitrogens with one attached hydrogen (secondary N) is 1. The Kier molecular flexibility index (Phi) is 2.67. The fourth-order valence-electron chi connectivity index (χ4n) is 2.16. The molecular formula is C11H18N2O2. The van der Waals surface area contributed by atoms with E-state index in [1.807, 2.05) is 13.8 Å². The Hall–Kier alpha value is -1.06. The second-order valence-corrected chi connectivity index (χ2v) is 4.83. The van der Waals surface area contributed by atoms with Gasteiger partial charge in [0.15, 0.2) is 0 Å². The van der Waals surface area contributed by atoms with Crippen molar-refractivity contribution in [3.8, 4) is 0 Å². The van der Waals surface area contributed by atoms with Crippen LogP contribution in [0.15, 0.2) is 0 Å². The van der Waals surface area contributed by atoms with E-state index >= 15 is 0 Å². The van der Waals surface area contributed by atoms with Gasteiger partial charge >= 0.3 is 6.03 Å². The molecule has 0 bridgehead atoms. The number of nitrogens with zero attached hydrogens (tertiary/aromatic N) is 1. The lowest BCUT2D eigenvalue weighted by molar-refractivity contribution is -0.138. The lowest BCUT2D eigenvalue weighted by Crippen LogP contribution is -2.60. The molecule has 4 nitrogen and oxygen atoms in total. The minimum Gasteiger partial charge on any atom is -0.337 e. The molecular weight excluding hydrogens is 192 g/mol. The van der Waals surface area contributed by atoms with Crippen molar-refractivity contribution in [1.29, 1.82) is 0 Å². The second kappa shape index (κ2) is 3.83. The third kappa shape index (κ3) is 1.73. The van der Waals surface area contributed by atoms with Gasteiger partial charge in [0.1, 0.15) is 0 Å². The molecule has 84 valence electrons. The van der Waals surface area contributed by atoms with Crippen LogP contribution in [-0.2, 0) is 4.79 Å². The van der Waals surface area contributed by atoms with Crippen LogP contribution in [0, 0.1) is 11.8 Å². The van der Waals surface area contributed by atoms with Gasteiger partial charge in [-0.1, -0.05) is 13.8 Å². The van der Waals surface area contributed by atoms with Gasteiger partial charge in [0, 0.05) is 12.6 Å². The van der Waals surface area contributed by atoms with Crippen LogP contribution in [0.1, 0.15) is 33.1 Å². The van der Waals surface area contributed by atoms with E-state index in [4.69, 9.17) is 0 Å². The van der Waals surface area contributed by atoms with Crippen LogP contribution in [0.2, 0.25) is 0 Å². The largest absolute Gasteiger partial charge is 0.337 e. The predicted molar refractivity (Wildman–Crippen MR) is 56.2 cm³/mol. The van der Waals surface area contributed by atoms with Crippen molar-refractivity contribution in [3.63, 3.8) is 0 Å². The highest BCUT2D eigenvalue weighted by Crippen LogP contribution is 2.29. The molecule has 0 radical (unpaired) electrons. The third-order valence-electron chi connectivity index (χ3n) is 3.49. The van der Waals surface area contributed by atoms with E-state index in [0.717, 1.165) is 19.3 Å². The van der Waals surface area contributed by atoms with Crippen molar-refractivity contribution in [2.45, 2.75) is 39.2 Å². The zero-order valence-electron chi connectivity index (χ0n) is 9.32. The van der Waals surface area contributed by atoms with E-state index < -0.39 is 0 Å². The van der Waals surface area contributed by atoms with Crippen LogP contribution in [0.4, 0.5) is 4.79 Å². The highest BCUT2D eigenvalue weighted by Gasteiger charge is 2.41. The first-order valence-electron chi connectivity index (χ1n) is 5.72. The quantitative estimate of drug-likeness (QED) is 0.748. The van der Waals surface area contributed by atoms with Gasteiger partial charge in [-0.05, 0) is 25.2 Å². The normalized spacial score (nSPS) is 27.9. The molecule has 1 unspecified atom stereocenters. The Morgan fingerprint density at radius 1 is 1.33 bits per heavy atom. The Labute approximate surface area is 90.0 Å². The van der Waals surface area contributed by atoms with Crippen LogP contribution < -0.4 is 5.32 Å². The summed E-state index contributed by atoms with van der Waals surface area (Å²) in [5.41, 5.74) is 0.